The third-order valence-electron chi connectivity index (χ3n) is 6.23. The highest BCUT2D eigenvalue weighted by Gasteiger charge is 2.29. The smallest absolute Gasteiger partial charge is 0.328 e. The Hall–Kier alpha value is -4.34. The number of benzene rings is 4. The number of ether oxygens (including phenoxy) is 2. The molecule has 198 valence electrons. The minimum Gasteiger partial charge on any atom is -0.485 e. The van der Waals surface area contributed by atoms with Crippen LogP contribution in [-0.2, 0) is 22.7 Å². The standard InChI is InChI=1S/C30H25FN2O5S/c1-18(37-16-19-7-3-2-4-8-19)27(30(35)36)33-29(34)23-13-11-20-15-21(31)12-14-22(20)28(23)38-17-26-32-24-9-5-6-10-25(24)39-26/h2-15,18,27H,16-17H2,1H3,(H,33,34)(H,35,36). The summed E-state index contributed by atoms with van der Waals surface area (Å²) in [6.45, 7) is 1.87. The average Bonchev–Trinajstić information content (AvgIpc) is 3.36. The van der Waals surface area contributed by atoms with E-state index < -0.39 is 29.8 Å². The van der Waals surface area contributed by atoms with E-state index in [9.17, 15) is 19.1 Å². The summed E-state index contributed by atoms with van der Waals surface area (Å²) in [6.07, 6.45) is -0.826. The van der Waals surface area contributed by atoms with Crippen molar-refractivity contribution in [1.82, 2.24) is 10.3 Å². The summed E-state index contributed by atoms with van der Waals surface area (Å²) in [4.78, 5) is 30.1. The Balaban J connectivity index is 1.40. The van der Waals surface area contributed by atoms with Crippen LogP contribution in [0.3, 0.4) is 0 Å². The fourth-order valence-corrected chi connectivity index (χ4v) is 5.10. The van der Waals surface area contributed by atoms with Gasteiger partial charge in [0.1, 0.15) is 23.2 Å². The average molecular weight is 545 g/mol. The summed E-state index contributed by atoms with van der Waals surface area (Å²) in [6, 6.07) is 23.0. The van der Waals surface area contributed by atoms with Crippen molar-refractivity contribution in [1.29, 1.82) is 0 Å². The summed E-state index contributed by atoms with van der Waals surface area (Å²) in [5, 5.41) is 14.2. The maximum Gasteiger partial charge on any atom is 0.328 e. The van der Waals surface area contributed by atoms with Crippen LogP contribution in [0.4, 0.5) is 4.39 Å². The molecule has 39 heavy (non-hydrogen) atoms. The van der Waals surface area contributed by atoms with Gasteiger partial charge in [-0.1, -0.05) is 48.5 Å². The first-order valence-electron chi connectivity index (χ1n) is 12.3. The Morgan fingerprint density at radius 2 is 1.77 bits per heavy atom. The van der Waals surface area contributed by atoms with E-state index in [-0.39, 0.29) is 24.5 Å². The van der Waals surface area contributed by atoms with E-state index in [1.165, 1.54) is 35.6 Å². The maximum atomic E-state index is 13.9. The molecule has 9 heteroatoms. The number of halogens is 1. The number of hydrogen-bond donors (Lipinski definition) is 2. The number of carboxylic acids is 1. The van der Waals surface area contributed by atoms with Crippen LogP contribution in [0.2, 0.25) is 0 Å². The molecule has 0 bridgehead atoms. The Morgan fingerprint density at radius 3 is 2.54 bits per heavy atom. The number of carbonyl (C=O) groups excluding carboxylic acids is 1. The van der Waals surface area contributed by atoms with Crippen molar-refractivity contribution >= 4 is 44.2 Å². The molecule has 2 unspecified atom stereocenters. The molecule has 0 spiro atoms. The molecule has 0 aliphatic rings. The number of carbonyl (C=O) groups is 2. The van der Waals surface area contributed by atoms with E-state index in [2.05, 4.69) is 10.3 Å². The highest BCUT2D eigenvalue weighted by molar-refractivity contribution is 7.18. The van der Waals surface area contributed by atoms with Gasteiger partial charge >= 0.3 is 5.97 Å². The zero-order valence-electron chi connectivity index (χ0n) is 21.0. The minimum absolute atomic E-state index is 0.0784. The number of rotatable bonds is 10. The Bertz CT molecular complexity index is 1610. The van der Waals surface area contributed by atoms with Crippen LogP contribution >= 0.6 is 11.3 Å². The quantitative estimate of drug-likeness (QED) is 0.225. The lowest BCUT2D eigenvalue weighted by molar-refractivity contribution is -0.143. The fraction of sp³-hybridized carbons (Fsp3) is 0.167. The molecule has 5 aromatic rings. The van der Waals surface area contributed by atoms with Crippen molar-refractivity contribution in [2.75, 3.05) is 0 Å². The second kappa shape index (κ2) is 11.6. The number of aromatic nitrogens is 1. The van der Waals surface area contributed by atoms with Crippen LogP contribution < -0.4 is 10.1 Å². The summed E-state index contributed by atoms with van der Waals surface area (Å²) in [5.41, 5.74) is 1.84. The van der Waals surface area contributed by atoms with Gasteiger partial charge in [0, 0.05) is 5.39 Å². The van der Waals surface area contributed by atoms with E-state index >= 15 is 0 Å². The van der Waals surface area contributed by atoms with E-state index in [0.717, 1.165) is 15.8 Å². The predicted octanol–water partition coefficient (Wildman–Crippen LogP) is 5.96. The molecule has 5 rings (SSSR count). The molecule has 0 radical (unpaired) electrons. The van der Waals surface area contributed by atoms with Gasteiger partial charge < -0.3 is 19.9 Å². The van der Waals surface area contributed by atoms with Crippen molar-refractivity contribution in [2.45, 2.75) is 32.3 Å². The van der Waals surface area contributed by atoms with Gasteiger partial charge in [-0.15, -0.1) is 11.3 Å². The molecule has 0 fully saturated rings. The molecule has 1 amide bonds. The fourth-order valence-electron chi connectivity index (χ4n) is 4.22. The summed E-state index contributed by atoms with van der Waals surface area (Å²) in [5.74, 6) is -2.09. The van der Waals surface area contributed by atoms with Gasteiger partial charge in [0.15, 0.2) is 6.04 Å². The van der Waals surface area contributed by atoms with E-state index in [1.54, 1.807) is 13.0 Å². The number of amides is 1. The first kappa shape index (κ1) is 26.3. The van der Waals surface area contributed by atoms with Gasteiger partial charge in [0.25, 0.3) is 5.91 Å². The predicted molar refractivity (Wildman–Crippen MR) is 147 cm³/mol. The van der Waals surface area contributed by atoms with Gasteiger partial charge in [-0.3, -0.25) is 4.79 Å². The Labute approximate surface area is 227 Å². The molecule has 0 saturated heterocycles. The minimum atomic E-state index is -1.32. The van der Waals surface area contributed by atoms with Crippen LogP contribution in [0.15, 0.2) is 84.9 Å². The molecule has 1 heterocycles. The first-order chi connectivity index (χ1) is 18.9. The van der Waals surface area contributed by atoms with Gasteiger partial charge in [-0.05, 0) is 54.3 Å². The summed E-state index contributed by atoms with van der Waals surface area (Å²) < 4.78 is 26.8. The number of para-hydroxylation sites is 1. The molecule has 2 atom stereocenters. The van der Waals surface area contributed by atoms with Crippen molar-refractivity contribution in [3.63, 3.8) is 0 Å². The van der Waals surface area contributed by atoms with Gasteiger partial charge in [0.2, 0.25) is 0 Å². The summed E-state index contributed by atoms with van der Waals surface area (Å²) >= 11 is 1.47. The Kier molecular flexibility index (Phi) is 7.81. The zero-order chi connectivity index (χ0) is 27.4. The molecule has 1 aromatic heterocycles. The number of fused-ring (bicyclic) bond motifs is 2. The number of aliphatic carboxylic acids is 1. The number of carboxylic acid groups (broad SMARTS) is 1. The molecule has 0 saturated carbocycles. The van der Waals surface area contributed by atoms with Gasteiger partial charge in [-0.25, -0.2) is 14.2 Å². The van der Waals surface area contributed by atoms with Gasteiger partial charge in [-0.2, -0.15) is 0 Å². The molecular formula is C30H25FN2O5S. The third-order valence-corrected chi connectivity index (χ3v) is 7.24. The normalized spacial score (nSPS) is 12.8. The lowest BCUT2D eigenvalue weighted by Gasteiger charge is -2.23. The van der Waals surface area contributed by atoms with Crippen LogP contribution in [0.1, 0.15) is 27.9 Å². The topological polar surface area (TPSA) is 97.8 Å². The maximum absolute atomic E-state index is 13.9. The highest BCUT2D eigenvalue weighted by atomic mass is 32.1. The third kappa shape index (κ3) is 6.05. The number of thiazole rings is 1. The molecular weight excluding hydrogens is 519 g/mol. The summed E-state index contributed by atoms with van der Waals surface area (Å²) in [7, 11) is 0. The van der Waals surface area contributed by atoms with Crippen molar-refractivity contribution in [2.24, 2.45) is 0 Å². The largest absolute Gasteiger partial charge is 0.485 e. The first-order valence-corrected chi connectivity index (χ1v) is 13.1. The molecule has 7 nitrogen and oxygen atoms in total. The second-order valence-corrected chi connectivity index (χ2v) is 10.1. The van der Waals surface area contributed by atoms with E-state index in [0.29, 0.717) is 15.8 Å². The van der Waals surface area contributed by atoms with E-state index in [1.807, 2.05) is 54.6 Å². The molecule has 2 N–H and O–H groups in total. The van der Waals surface area contributed by atoms with Crippen LogP contribution in [0, 0.1) is 5.82 Å². The monoisotopic (exact) mass is 544 g/mol. The zero-order valence-corrected chi connectivity index (χ0v) is 21.8. The van der Waals surface area contributed by atoms with E-state index in [4.69, 9.17) is 9.47 Å². The lowest BCUT2D eigenvalue weighted by Crippen LogP contribution is -2.48. The molecule has 4 aromatic carbocycles. The highest BCUT2D eigenvalue weighted by Crippen LogP contribution is 2.32. The lowest BCUT2D eigenvalue weighted by atomic mass is 10.0. The van der Waals surface area contributed by atoms with Crippen molar-refractivity contribution in [3.05, 3.63) is 107 Å². The number of nitrogens with zero attached hydrogens (tertiary/aromatic N) is 1. The molecule has 0 aliphatic carbocycles. The Morgan fingerprint density at radius 1 is 1.00 bits per heavy atom. The van der Waals surface area contributed by atoms with Crippen LogP contribution in [0.25, 0.3) is 21.0 Å². The number of nitrogens with one attached hydrogen (secondary N) is 1. The van der Waals surface area contributed by atoms with Crippen molar-refractivity contribution < 1.29 is 28.6 Å². The van der Waals surface area contributed by atoms with Crippen molar-refractivity contribution in [3.8, 4) is 5.75 Å². The van der Waals surface area contributed by atoms with Gasteiger partial charge in [0.05, 0.1) is 28.5 Å². The second-order valence-electron chi connectivity index (χ2n) is 8.96. The SMILES string of the molecule is CC(OCc1ccccc1)C(NC(=O)c1ccc2cc(F)ccc2c1OCc1nc2ccccc2s1)C(=O)O. The van der Waals surface area contributed by atoms with Crippen LogP contribution in [-0.4, -0.2) is 34.1 Å². The molecule has 0 aliphatic heterocycles. The van der Waals surface area contributed by atoms with Crippen LogP contribution in [0.5, 0.6) is 5.75 Å². The number of hydrogen-bond acceptors (Lipinski definition) is 6.